The van der Waals surface area contributed by atoms with Crippen molar-refractivity contribution in [2.75, 3.05) is 0 Å². The maximum Gasteiger partial charge on any atom is 0.0630 e. The lowest BCUT2D eigenvalue weighted by Gasteiger charge is -2.08. The summed E-state index contributed by atoms with van der Waals surface area (Å²) in [4.78, 5) is 4.47. The van der Waals surface area contributed by atoms with Gasteiger partial charge >= 0.3 is 0 Å². The Kier molecular flexibility index (Phi) is 4.02. The highest BCUT2D eigenvalue weighted by molar-refractivity contribution is 9.10. The number of hydrogen-bond donors (Lipinski definition) is 0. The molecular formula is C15H17BrN2. The average molecular weight is 305 g/mol. The number of nitrogens with zero attached hydrogens (tertiary/aromatic N) is 2. The average Bonchev–Trinajstić information content (AvgIpc) is 2.70. The molecule has 0 radical (unpaired) electrons. The molecule has 94 valence electrons. The maximum absolute atomic E-state index is 4.47. The van der Waals surface area contributed by atoms with E-state index in [1.807, 2.05) is 30.5 Å². The Bertz CT molecular complexity index is 550. The van der Waals surface area contributed by atoms with E-state index in [2.05, 4.69) is 58.5 Å². The van der Waals surface area contributed by atoms with Gasteiger partial charge in [-0.3, -0.25) is 4.99 Å². The van der Waals surface area contributed by atoms with E-state index in [1.54, 1.807) is 0 Å². The van der Waals surface area contributed by atoms with Crippen molar-refractivity contribution in [3.63, 3.8) is 0 Å². The molecule has 0 saturated heterocycles. The largest absolute Gasteiger partial charge is 0.349 e. The fourth-order valence-electron chi connectivity index (χ4n) is 1.92. The lowest BCUT2D eigenvalue weighted by atomic mass is 10.3. The second-order valence-corrected chi connectivity index (χ2v) is 5.57. The lowest BCUT2D eigenvalue weighted by molar-refractivity contribution is 0.589. The summed E-state index contributed by atoms with van der Waals surface area (Å²) in [5.74, 6) is 0. The highest BCUT2D eigenvalue weighted by Crippen LogP contribution is 2.17. The molecular weight excluding hydrogens is 288 g/mol. The van der Waals surface area contributed by atoms with Gasteiger partial charge in [0, 0.05) is 34.2 Å². The van der Waals surface area contributed by atoms with Crippen LogP contribution in [-0.2, 0) is 0 Å². The monoisotopic (exact) mass is 304 g/mol. The third kappa shape index (κ3) is 3.10. The first kappa shape index (κ1) is 13.1. The van der Waals surface area contributed by atoms with E-state index in [1.165, 1.54) is 5.69 Å². The molecule has 0 aliphatic carbocycles. The van der Waals surface area contributed by atoms with Crippen LogP contribution in [0.4, 0.5) is 5.69 Å². The molecule has 0 atom stereocenters. The number of halogens is 1. The quantitative estimate of drug-likeness (QED) is 0.718. The molecule has 0 saturated carbocycles. The molecule has 1 aromatic carbocycles. The fourth-order valence-corrected chi connectivity index (χ4v) is 2.18. The van der Waals surface area contributed by atoms with Crippen molar-refractivity contribution >= 4 is 27.8 Å². The van der Waals surface area contributed by atoms with E-state index in [0.29, 0.717) is 6.04 Å². The van der Waals surface area contributed by atoms with Crippen LogP contribution in [0.25, 0.3) is 0 Å². The Balaban J connectivity index is 2.18. The van der Waals surface area contributed by atoms with Crippen molar-refractivity contribution in [2.45, 2.75) is 26.8 Å². The molecule has 0 spiro atoms. The summed E-state index contributed by atoms with van der Waals surface area (Å²) < 4.78 is 3.33. The molecule has 2 rings (SSSR count). The number of benzene rings is 1. The molecule has 2 nitrogen and oxygen atoms in total. The van der Waals surface area contributed by atoms with E-state index in [9.17, 15) is 0 Å². The summed E-state index contributed by atoms with van der Waals surface area (Å²) in [6.45, 7) is 6.49. The number of aryl methyl sites for hydroxylation is 1. The van der Waals surface area contributed by atoms with Gasteiger partial charge in [-0.1, -0.05) is 15.9 Å². The standard InChI is InChI=1S/C15H17BrN2/c1-11(2)18-10-13(8-12(18)3)9-17-15-6-4-14(16)5-7-15/h4-11H,1-3H3. The Labute approximate surface area is 116 Å². The van der Waals surface area contributed by atoms with Crippen LogP contribution in [0.1, 0.15) is 31.1 Å². The van der Waals surface area contributed by atoms with Crippen LogP contribution in [0.3, 0.4) is 0 Å². The van der Waals surface area contributed by atoms with Gasteiger partial charge in [0.2, 0.25) is 0 Å². The molecule has 1 aromatic heterocycles. The summed E-state index contributed by atoms with van der Waals surface area (Å²) in [7, 11) is 0. The zero-order chi connectivity index (χ0) is 13.1. The zero-order valence-electron chi connectivity index (χ0n) is 10.9. The third-order valence-electron chi connectivity index (χ3n) is 2.82. The Morgan fingerprint density at radius 1 is 1.22 bits per heavy atom. The minimum absolute atomic E-state index is 0.486. The molecule has 0 aliphatic rings. The molecule has 0 unspecified atom stereocenters. The van der Waals surface area contributed by atoms with Crippen molar-refractivity contribution in [2.24, 2.45) is 4.99 Å². The van der Waals surface area contributed by atoms with Crippen LogP contribution in [0.5, 0.6) is 0 Å². The van der Waals surface area contributed by atoms with Gasteiger partial charge in [0.1, 0.15) is 0 Å². The van der Waals surface area contributed by atoms with Crippen LogP contribution in [0, 0.1) is 6.92 Å². The molecule has 0 fully saturated rings. The van der Waals surface area contributed by atoms with Gasteiger partial charge in [-0.2, -0.15) is 0 Å². The van der Waals surface area contributed by atoms with Crippen molar-refractivity contribution in [3.8, 4) is 0 Å². The normalized spacial score (nSPS) is 11.6. The van der Waals surface area contributed by atoms with E-state index in [-0.39, 0.29) is 0 Å². The summed E-state index contributed by atoms with van der Waals surface area (Å²) >= 11 is 3.42. The Morgan fingerprint density at radius 3 is 2.44 bits per heavy atom. The zero-order valence-corrected chi connectivity index (χ0v) is 12.5. The first-order chi connectivity index (χ1) is 8.56. The molecule has 0 N–H and O–H groups in total. The Hall–Kier alpha value is -1.35. The summed E-state index contributed by atoms with van der Waals surface area (Å²) in [5.41, 5.74) is 3.37. The predicted molar refractivity (Wildman–Crippen MR) is 81.0 cm³/mol. The van der Waals surface area contributed by atoms with Crippen molar-refractivity contribution in [1.29, 1.82) is 0 Å². The van der Waals surface area contributed by atoms with E-state index < -0.39 is 0 Å². The number of rotatable bonds is 3. The molecule has 2 aromatic rings. The number of hydrogen-bond acceptors (Lipinski definition) is 1. The topological polar surface area (TPSA) is 17.3 Å². The highest BCUT2D eigenvalue weighted by Gasteiger charge is 2.03. The van der Waals surface area contributed by atoms with Gasteiger partial charge < -0.3 is 4.57 Å². The van der Waals surface area contributed by atoms with E-state index in [4.69, 9.17) is 0 Å². The highest BCUT2D eigenvalue weighted by atomic mass is 79.9. The molecule has 0 aliphatic heterocycles. The minimum atomic E-state index is 0.486. The van der Waals surface area contributed by atoms with Crippen LogP contribution < -0.4 is 0 Å². The first-order valence-electron chi connectivity index (χ1n) is 6.04. The van der Waals surface area contributed by atoms with Gasteiger partial charge in [-0.05, 0) is 51.1 Å². The van der Waals surface area contributed by atoms with Crippen molar-refractivity contribution in [1.82, 2.24) is 4.57 Å². The molecule has 0 bridgehead atoms. The van der Waals surface area contributed by atoms with Crippen LogP contribution in [-0.4, -0.2) is 10.8 Å². The summed E-state index contributed by atoms with van der Waals surface area (Å²) in [6.07, 6.45) is 4.05. The minimum Gasteiger partial charge on any atom is -0.349 e. The fraction of sp³-hybridized carbons (Fsp3) is 0.267. The van der Waals surface area contributed by atoms with Crippen LogP contribution in [0.2, 0.25) is 0 Å². The maximum atomic E-state index is 4.47. The van der Waals surface area contributed by atoms with Gasteiger partial charge in [0.05, 0.1) is 5.69 Å². The molecule has 0 amide bonds. The van der Waals surface area contributed by atoms with Gasteiger partial charge in [-0.25, -0.2) is 0 Å². The second-order valence-electron chi connectivity index (χ2n) is 4.65. The van der Waals surface area contributed by atoms with Gasteiger partial charge in [-0.15, -0.1) is 0 Å². The van der Waals surface area contributed by atoms with E-state index in [0.717, 1.165) is 15.7 Å². The smallest absolute Gasteiger partial charge is 0.0630 e. The summed E-state index contributed by atoms with van der Waals surface area (Å²) in [6, 6.07) is 10.6. The third-order valence-corrected chi connectivity index (χ3v) is 3.35. The van der Waals surface area contributed by atoms with Gasteiger partial charge in [0.15, 0.2) is 0 Å². The SMILES string of the molecule is Cc1cc(C=Nc2ccc(Br)cc2)cn1C(C)C. The van der Waals surface area contributed by atoms with Crippen LogP contribution >= 0.6 is 15.9 Å². The lowest BCUT2D eigenvalue weighted by Crippen LogP contribution is -2.00. The molecule has 18 heavy (non-hydrogen) atoms. The number of aromatic nitrogens is 1. The van der Waals surface area contributed by atoms with Crippen molar-refractivity contribution in [3.05, 3.63) is 52.3 Å². The van der Waals surface area contributed by atoms with Crippen molar-refractivity contribution < 1.29 is 0 Å². The predicted octanol–water partition coefficient (Wildman–Crippen LogP) is 4.89. The van der Waals surface area contributed by atoms with Crippen LogP contribution in [0.15, 0.2) is 46.0 Å². The summed E-state index contributed by atoms with van der Waals surface area (Å²) in [5, 5.41) is 0. The van der Waals surface area contributed by atoms with Gasteiger partial charge in [0.25, 0.3) is 0 Å². The Morgan fingerprint density at radius 2 is 1.89 bits per heavy atom. The second kappa shape index (κ2) is 5.53. The number of aliphatic imine (C=N–C) groups is 1. The molecule has 3 heteroatoms. The van der Waals surface area contributed by atoms with E-state index >= 15 is 0 Å². The first-order valence-corrected chi connectivity index (χ1v) is 6.83. The molecule has 1 heterocycles.